The summed E-state index contributed by atoms with van der Waals surface area (Å²) in [4.78, 5) is 21.0. The van der Waals surface area contributed by atoms with E-state index >= 15 is 0 Å². The van der Waals surface area contributed by atoms with Crippen LogP contribution in [0.4, 0.5) is 5.69 Å². The minimum Gasteiger partial charge on any atom is -0.493 e. The Hall–Kier alpha value is -2.74. The van der Waals surface area contributed by atoms with Crippen molar-refractivity contribution in [2.24, 2.45) is 4.99 Å². The highest BCUT2D eigenvalue weighted by Crippen LogP contribution is 2.34. The molecule has 0 aliphatic carbocycles. The molecule has 1 amide bonds. The average Bonchev–Trinajstić information content (AvgIpc) is 3.23. The van der Waals surface area contributed by atoms with Gasteiger partial charge in [0, 0.05) is 24.4 Å². The number of aliphatic imine (C=N–C) groups is 1. The molecule has 7 nitrogen and oxygen atoms in total. The quantitative estimate of drug-likeness (QED) is 0.701. The van der Waals surface area contributed by atoms with Crippen LogP contribution >= 0.6 is 11.8 Å². The number of pyridine rings is 1. The van der Waals surface area contributed by atoms with E-state index in [9.17, 15) is 4.79 Å². The first-order chi connectivity index (χ1) is 13.2. The van der Waals surface area contributed by atoms with Crippen molar-refractivity contribution < 1.29 is 19.0 Å². The molecule has 0 saturated heterocycles. The summed E-state index contributed by atoms with van der Waals surface area (Å²) in [5.74, 6) is 2.09. The fourth-order valence-corrected chi connectivity index (χ4v) is 3.36. The highest BCUT2D eigenvalue weighted by atomic mass is 32.2. The molecule has 3 rings (SSSR count). The lowest BCUT2D eigenvalue weighted by atomic mass is 10.1. The zero-order valence-electron chi connectivity index (χ0n) is 15.2. The van der Waals surface area contributed by atoms with Crippen molar-refractivity contribution in [3.8, 4) is 11.5 Å². The summed E-state index contributed by atoms with van der Waals surface area (Å²) in [5, 5.41) is 3.82. The number of anilines is 1. The standard InChI is InChI=1S/C19H21N3O4S/c1-24-15-11-13(19-21-8-9-26-19)14(12-16(15)25-2)22-17(23)6-10-27-18-5-3-4-7-20-18/h3-5,7,11-12H,6,8-10H2,1-2H3,(H,22,23). The van der Waals surface area contributed by atoms with E-state index in [-0.39, 0.29) is 5.91 Å². The first-order valence-electron chi connectivity index (χ1n) is 8.48. The Morgan fingerprint density at radius 2 is 2.07 bits per heavy atom. The predicted molar refractivity (Wildman–Crippen MR) is 105 cm³/mol. The number of nitrogens with one attached hydrogen (secondary N) is 1. The van der Waals surface area contributed by atoms with Crippen molar-refractivity contribution in [3.63, 3.8) is 0 Å². The number of benzene rings is 1. The molecule has 1 aliphatic heterocycles. The molecule has 0 spiro atoms. The third-order valence-corrected chi connectivity index (χ3v) is 4.78. The number of ether oxygens (including phenoxy) is 3. The Labute approximate surface area is 162 Å². The van der Waals surface area contributed by atoms with Crippen molar-refractivity contribution >= 4 is 29.3 Å². The molecule has 0 radical (unpaired) electrons. The minimum atomic E-state index is -0.106. The second-order valence-electron chi connectivity index (χ2n) is 5.60. The van der Waals surface area contributed by atoms with Crippen LogP contribution in [-0.2, 0) is 9.53 Å². The Morgan fingerprint density at radius 1 is 1.26 bits per heavy atom. The molecule has 2 aromatic rings. The van der Waals surface area contributed by atoms with E-state index in [1.54, 1.807) is 32.5 Å². The second kappa shape index (κ2) is 9.27. The van der Waals surface area contributed by atoms with Crippen LogP contribution in [0.15, 0.2) is 46.5 Å². The van der Waals surface area contributed by atoms with Crippen LogP contribution in [0.3, 0.4) is 0 Å². The number of hydrogen-bond donors (Lipinski definition) is 1. The number of rotatable bonds is 8. The molecule has 2 heterocycles. The number of methoxy groups -OCH3 is 2. The minimum absolute atomic E-state index is 0.106. The number of nitrogens with zero attached hydrogens (tertiary/aromatic N) is 2. The summed E-state index contributed by atoms with van der Waals surface area (Å²) in [5.41, 5.74) is 1.26. The maximum Gasteiger partial charge on any atom is 0.225 e. The molecule has 142 valence electrons. The summed E-state index contributed by atoms with van der Waals surface area (Å²) < 4.78 is 16.3. The number of hydrogen-bond acceptors (Lipinski definition) is 7. The van der Waals surface area contributed by atoms with E-state index < -0.39 is 0 Å². The lowest BCUT2D eigenvalue weighted by Crippen LogP contribution is -2.16. The van der Waals surface area contributed by atoms with Gasteiger partial charge in [0.25, 0.3) is 0 Å². The summed E-state index contributed by atoms with van der Waals surface area (Å²) in [6.45, 7) is 1.12. The van der Waals surface area contributed by atoms with Crippen LogP contribution in [0.5, 0.6) is 11.5 Å². The normalized spacial score (nSPS) is 12.9. The van der Waals surface area contributed by atoms with Crippen molar-refractivity contribution in [2.75, 3.05) is 38.4 Å². The van der Waals surface area contributed by atoms with E-state index in [1.807, 2.05) is 18.2 Å². The van der Waals surface area contributed by atoms with Gasteiger partial charge in [-0.15, -0.1) is 11.8 Å². The maximum atomic E-state index is 12.4. The molecular formula is C19H21N3O4S. The molecule has 0 fully saturated rings. The largest absolute Gasteiger partial charge is 0.493 e. The van der Waals surface area contributed by atoms with Crippen molar-refractivity contribution in [2.45, 2.75) is 11.4 Å². The van der Waals surface area contributed by atoms with Gasteiger partial charge in [0.1, 0.15) is 6.61 Å². The molecule has 0 saturated carbocycles. The van der Waals surface area contributed by atoms with Gasteiger partial charge in [-0.2, -0.15) is 0 Å². The Balaban J connectivity index is 1.71. The van der Waals surface area contributed by atoms with Crippen molar-refractivity contribution in [1.29, 1.82) is 0 Å². The van der Waals surface area contributed by atoms with Crippen LogP contribution in [0.2, 0.25) is 0 Å². The van der Waals surface area contributed by atoms with Crippen LogP contribution in [0, 0.1) is 0 Å². The highest BCUT2D eigenvalue weighted by Gasteiger charge is 2.20. The zero-order valence-corrected chi connectivity index (χ0v) is 16.0. The molecule has 8 heteroatoms. The average molecular weight is 387 g/mol. The Kier molecular flexibility index (Phi) is 6.54. The van der Waals surface area contributed by atoms with Crippen LogP contribution in [0.25, 0.3) is 0 Å². The van der Waals surface area contributed by atoms with E-state index in [1.165, 1.54) is 11.8 Å². The van der Waals surface area contributed by atoms with Gasteiger partial charge in [-0.3, -0.25) is 4.79 Å². The SMILES string of the molecule is COc1cc(NC(=O)CCSc2ccccn2)c(C2=NCCO2)cc1OC. The Morgan fingerprint density at radius 3 is 2.74 bits per heavy atom. The van der Waals surface area contributed by atoms with Gasteiger partial charge >= 0.3 is 0 Å². The van der Waals surface area contributed by atoms with E-state index in [0.29, 0.717) is 54.0 Å². The summed E-state index contributed by atoms with van der Waals surface area (Å²) in [7, 11) is 3.11. The number of aromatic nitrogens is 1. The predicted octanol–water partition coefficient (Wildman–Crippen LogP) is 3.00. The van der Waals surface area contributed by atoms with Gasteiger partial charge in [-0.1, -0.05) is 6.07 Å². The summed E-state index contributed by atoms with van der Waals surface area (Å²) >= 11 is 1.54. The van der Waals surface area contributed by atoms with Gasteiger partial charge in [0.05, 0.1) is 37.0 Å². The van der Waals surface area contributed by atoms with Gasteiger partial charge < -0.3 is 19.5 Å². The fraction of sp³-hybridized carbons (Fsp3) is 0.316. The first-order valence-corrected chi connectivity index (χ1v) is 9.47. The van der Waals surface area contributed by atoms with Crippen molar-refractivity contribution in [1.82, 2.24) is 4.98 Å². The molecule has 1 aliphatic rings. The lowest BCUT2D eigenvalue weighted by Gasteiger charge is -2.15. The monoisotopic (exact) mass is 387 g/mol. The number of carbonyl (C=O) groups excluding carboxylic acids is 1. The number of amides is 1. The number of thioether (sulfide) groups is 1. The molecule has 0 unspecified atom stereocenters. The van der Waals surface area contributed by atoms with Gasteiger partial charge in [0.2, 0.25) is 11.8 Å². The van der Waals surface area contributed by atoms with Crippen LogP contribution < -0.4 is 14.8 Å². The third kappa shape index (κ3) is 4.91. The van der Waals surface area contributed by atoms with Crippen LogP contribution in [0.1, 0.15) is 12.0 Å². The zero-order chi connectivity index (χ0) is 19.1. The Bertz CT molecular complexity index is 827. The van der Waals surface area contributed by atoms with Crippen LogP contribution in [-0.4, -0.2) is 49.9 Å². The fourth-order valence-electron chi connectivity index (χ4n) is 2.55. The molecule has 1 aromatic heterocycles. The summed E-state index contributed by atoms with van der Waals surface area (Å²) in [6, 6.07) is 9.20. The molecule has 1 N–H and O–H groups in total. The van der Waals surface area contributed by atoms with Gasteiger partial charge in [-0.25, -0.2) is 9.98 Å². The van der Waals surface area contributed by atoms with Gasteiger partial charge in [-0.05, 0) is 18.2 Å². The van der Waals surface area contributed by atoms with Crippen molar-refractivity contribution in [3.05, 3.63) is 42.1 Å². The maximum absolute atomic E-state index is 12.4. The molecule has 0 atom stereocenters. The van der Waals surface area contributed by atoms with Gasteiger partial charge in [0.15, 0.2) is 11.5 Å². The first kappa shape index (κ1) is 19.0. The van der Waals surface area contributed by atoms with E-state index in [0.717, 1.165) is 5.03 Å². The second-order valence-corrected chi connectivity index (χ2v) is 6.72. The smallest absolute Gasteiger partial charge is 0.225 e. The molecule has 27 heavy (non-hydrogen) atoms. The topological polar surface area (TPSA) is 82.0 Å². The number of carbonyl (C=O) groups is 1. The highest BCUT2D eigenvalue weighted by molar-refractivity contribution is 7.99. The third-order valence-electron chi connectivity index (χ3n) is 3.83. The van der Waals surface area contributed by atoms with E-state index in [2.05, 4.69) is 15.3 Å². The molecule has 1 aromatic carbocycles. The molecular weight excluding hydrogens is 366 g/mol. The lowest BCUT2D eigenvalue weighted by molar-refractivity contribution is -0.115. The van der Waals surface area contributed by atoms with E-state index in [4.69, 9.17) is 14.2 Å². The molecule has 0 bridgehead atoms. The summed E-state index contributed by atoms with van der Waals surface area (Å²) in [6.07, 6.45) is 2.09.